The average molecular weight is 254 g/mol. The molecule has 0 aliphatic carbocycles. The first-order chi connectivity index (χ1) is 6.74. The quantitative estimate of drug-likeness (QED) is 0.875. The van der Waals surface area contributed by atoms with Crippen molar-refractivity contribution in [3.8, 4) is 0 Å². The van der Waals surface area contributed by atoms with Gasteiger partial charge in [0.1, 0.15) is 0 Å². The average Bonchev–Trinajstić information content (AvgIpc) is 2.46. The number of fused-ring (bicyclic) bond motifs is 1. The van der Waals surface area contributed by atoms with Crippen molar-refractivity contribution in [2.45, 2.75) is 6.42 Å². The van der Waals surface area contributed by atoms with Gasteiger partial charge in [-0.25, -0.2) is 0 Å². The Bertz CT molecular complexity index is 462. The van der Waals surface area contributed by atoms with Crippen LogP contribution in [0.3, 0.4) is 0 Å². The number of halogens is 1. The molecule has 3 heteroatoms. The van der Waals surface area contributed by atoms with Gasteiger partial charge in [0.15, 0.2) is 0 Å². The van der Waals surface area contributed by atoms with E-state index in [0.717, 1.165) is 4.47 Å². The van der Waals surface area contributed by atoms with Crippen LogP contribution < -0.4 is 0 Å². The van der Waals surface area contributed by atoms with Gasteiger partial charge in [0.25, 0.3) is 0 Å². The highest BCUT2D eigenvalue weighted by atomic mass is 79.9. The van der Waals surface area contributed by atoms with Gasteiger partial charge in [-0.2, -0.15) is 0 Å². The number of aromatic nitrogens is 1. The normalized spacial score (nSPS) is 11.1. The Morgan fingerprint density at radius 3 is 2.93 bits per heavy atom. The molecule has 14 heavy (non-hydrogen) atoms. The molecule has 1 aromatic carbocycles. The van der Waals surface area contributed by atoms with E-state index >= 15 is 0 Å². The molecule has 0 saturated heterocycles. The van der Waals surface area contributed by atoms with Crippen molar-refractivity contribution < 1.29 is 5.11 Å². The van der Waals surface area contributed by atoms with E-state index in [1.165, 1.54) is 16.5 Å². The molecule has 0 atom stereocenters. The highest BCUT2D eigenvalue weighted by Gasteiger charge is 2.07. The van der Waals surface area contributed by atoms with Crippen LogP contribution in [0.15, 0.2) is 28.9 Å². The number of benzene rings is 1. The van der Waals surface area contributed by atoms with Crippen LogP contribution in [0.5, 0.6) is 0 Å². The molecule has 0 bridgehead atoms. The van der Waals surface area contributed by atoms with Crippen molar-refractivity contribution in [2.24, 2.45) is 7.05 Å². The molecular formula is C11H12BrNO. The highest BCUT2D eigenvalue weighted by Crippen LogP contribution is 2.27. The van der Waals surface area contributed by atoms with Gasteiger partial charge in [0.05, 0.1) is 5.52 Å². The predicted octanol–water partition coefficient (Wildman–Crippen LogP) is 2.48. The number of aliphatic hydroxyl groups excluding tert-OH is 1. The van der Waals surface area contributed by atoms with Gasteiger partial charge in [-0.15, -0.1) is 0 Å². The molecule has 2 aromatic rings. The summed E-state index contributed by atoms with van der Waals surface area (Å²) >= 11 is 3.53. The molecule has 74 valence electrons. The molecule has 2 nitrogen and oxygen atoms in total. The lowest BCUT2D eigenvalue weighted by Crippen LogP contribution is -1.88. The minimum atomic E-state index is 0.200. The van der Waals surface area contributed by atoms with Crippen molar-refractivity contribution in [1.82, 2.24) is 4.57 Å². The maximum absolute atomic E-state index is 8.94. The molecule has 1 aromatic heterocycles. The maximum Gasteiger partial charge on any atom is 0.0624 e. The second-order valence-electron chi connectivity index (χ2n) is 3.37. The third-order valence-corrected chi connectivity index (χ3v) is 3.06. The second kappa shape index (κ2) is 3.75. The second-order valence-corrected chi connectivity index (χ2v) is 4.23. The molecule has 0 spiro atoms. The van der Waals surface area contributed by atoms with Crippen molar-refractivity contribution in [3.05, 3.63) is 34.4 Å². The molecule has 0 amide bonds. The van der Waals surface area contributed by atoms with E-state index in [0.29, 0.717) is 6.42 Å². The zero-order chi connectivity index (χ0) is 10.1. The summed E-state index contributed by atoms with van der Waals surface area (Å²) in [6.45, 7) is 0.200. The number of rotatable bonds is 2. The van der Waals surface area contributed by atoms with E-state index in [1.807, 2.05) is 19.2 Å². The first kappa shape index (κ1) is 9.74. The van der Waals surface area contributed by atoms with Crippen LogP contribution in [0.4, 0.5) is 0 Å². The summed E-state index contributed by atoms with van der Waals surface area (Å²) in [4.78, 5) is 0. The van der Waals surface area contributed by atoms with Gasteiger partial charge in [-0.05, 0) is 34.0 Å². The lowest BCUT2D eigenvalue weighted by Gasteiger charge is -1.98. The lowest BCUT2D eigenvalue weighted by atomic mass is 10.1. The first-order valence-electron chi connectivity index (χ1n) is 4.57. The van der Waals surface area contributed by atoms with E-state index in [4.69, 9.17) is 5.11 Å². The van der Waals surface area contributed by atoms with Crippen LogP contribution in [0.1, 0.15) is 5.56 Å². The Kier molecular flexibility index (Phi) is 2.61. The fourth-order valence-corrected chi connectivity index (χ4v) is 2.47. The molecule has 0 fully saturated rings. The molecule has 0 unspecified atom stereocenters. The van der Waals surface area contributed by atoms with Crippen molar-refractivity contribution in [3.63, 3.8) is 0 Å². The van der Waals surface area contributed by atoms with E-state index in [2.05, 4.69) is 32.8 Å². The number of hydrogen-bond donors (Lipinski definition) is 1. The lowest BCUT2D eigenvalue weighted by molar-refractivity contribution is 0.300. The van der Waals surface area contributed by atoms with Gasteiger partial charge < -0.3 is 9.67 Å². The summed E-state index contributed by atoms with van der Waals surface area (Å²) in [6.07, 6.45) is 2.79. The molecule has 0 saturated carbocycles. The van der Waals surface area contributed by atoms with Gasteiger partial charge in [0.2, 0.25) is 0 Å². The van der Waals surface area contributed by atoms with E-state index in [1.54, 1.807) is 0 Å². The Hall–Kier alpha value is -0.800. The molecule has 0 aliphatic heterocycles. The summed E-state index contributed by atoms with van der Waals surface area (Å²) < 4.78 is 3.19. The van der Waals surface area contributed by atoms with Gasteiger partial charge in [-0.1, -0.05) is 12.1 Å². The van der Waals surface area contributed by atoms with Crippen molar-refractivity contribution in [2.75, 3.05) is 6.61 Å². The standard InChI is InChI=1S/C11H12BrNO/c1-13-7-8(5-6-14)9-3-2-4-10(12)11(9)13/h2-4,7,14H,5-6H2,1H3. The summed E-state index contributed by atoms with van der Waals surface area (Å²) in [5.41, 5.74) is 2.39. The van der Waals surface area contributed by atoms with E-state index < -0.39 is 0 Å². The Morgan fingerprint density at radius 1 is 1.43 bits per heavy atom. The van der Waals surface area contributed by atoms with Gasteiger partial charge in [0, 0.05) is 29.7 Å². The fourth-order valence-electron chi connectivity index (χ4n) is 1.82. The Balaban J connectivity index is 2.71. The zero-order valence-electron chi connectivity index (χ0n) is 8.00. The number of nitrogens with zero attached hydrogens (tertiary/aromatic N) is 1. The molecular weight excluding hydrogens is 242 g/mol. The van der Waals surface area contributed by atoms with Gasteiger partial charge in [-0.3, -0.25) is 0 Å². The number of hydrogen-bond acceptors (Lipinski definition) is 1. The SMILES string of the molecule is Cn1cc(CCO)c2cccc(Br)c21. The smallest absolute Gasteiger partial charge is 0.0624 e. The van der Waals surface area contributed by atoms with Crippen LogP contribution in [0, 0.1) is 0 Å². The zero-order valence-corrected chi connectivity index (χ0v) is 9.58. The van der Waals surface area contributed by atoms with E-state index in [-0.39, 0.29) is 6.61 Å². The minimum absolute atomic E-state index is 0.200. The van der Waals surface area contributed by atoms with Crippen molar-refractivity contribution in [1.29, 1.82) is 0 Å². The Labute approximate surface area is 91.3 Å². The van der Waals surface area contributed by atoms with Crippen LogP contribution in [0.2, 0.25) is 0 Å². The molecule has 0 radical (unpaired) electrons. The van der Waals surface area contributed by atoms with Gasteiger partial charge >= 0.3 is 0 Å². The van der Waals surface area contributed by atoms with Crippen LogP contribution in [-0.4, -0.2) is 16.3 Å². The molecule has 2 rings (SSSR count). The number of aryl methyl sites for hydroxylation is 1. The molecule has 0 aliphatic rings. The predicted molar refractivity (Wildman–Crippen MR) is 61.4 cm³/mol. The molecule has 1 N–H and O–H groups in total. The van der Waals surface area contributed by atoms with Crippen LogP contribution >= 0.6 is 15.9 Å². The van der Waals surface area contributed by atoms with Crippen LogP contribution in [0.25, 0.3) is 10.9 Å². The summed E-state index contributed by atoms with van der Waals surface area (Å²) in [7, 11) is 2.02. The fraction of sp³-hybridized carbons (Fsp3) is 0.273. The summed E-state index contributed by atoms with van der Waals surface area (Å²) in [6, 6.07) is 6.14. The summed E-state index contributed by atoms with van der Waals surface area (Å²) in [5, 5.41) is 10.2. The van der Waals surface area contributed by atoms with E-state index in [9.17, 15) is 0 Å². The third kappa shape index (κ3) is 1.47. The number of aliphatic hydroxyl groups is 1. The third-order valence-electron chi connectivity index (χ3n) is 2.42. The topological polar surface area (TPSA) is 25.2 Å². The monoisotopic (exact) mass is 253 g/mol. The van der Waals surface area contributed by atoms with Crippen LogP contribution in [-0.2, 0) is 13.5 Å². The first-order valence-corrected chi connectivity index (χ1v) is 5.36. The largest absolute Gasteiger partial charge is 0.396 e. The summed E-state index contributed by atoms with van der Waals surface area (Å²) in [5.74, 6) is 0. The minimum Gasteiger partial charge on any atom is -0.396 e. The van der Waals surface area contributed by atoms with Crippen molar-refractivity contribution >= 4 is 26.8 Å². The highest BCUT2D eigenvalue weighted by molar-refractivity contribution is 9.10. The maximum atomic E-state index is 8.94. The number of para-hydroxylation sites is 1. The molecule has 1 heterocycles. The Morgan fingerprint density at radius 2 is 2.21 bits per heavy atom.